The quantitative estimate of drug-likeness (QED) is 0.938. The number of aryl methyl sites for hydroxylation is 2. The van der Waals surface area contributed by atoms with Crippen LogP contribution in [0.2, 0.25) is 0 Å². The Balaban J connectivity index is 2.30. The summed E-state index contributed by atoms with van der Waals surface area (Å²) in [6, 6.07) is 3.42. The second kappa shape index (κ2) is 4.74. The van der Waals surface area contributed by atoms with Crippen molar-refractivity contribution in [2.24, 2.45) is 0 Å². The monoisotopic (exact) mass is 286 g/mol. The molecule has 2 heterocycles. The Bertz CT molecular complexity index is 656. The van der Waals surface area contributed by atoms with Crippen molar-refractivity contribution < 1.29 is 12.9 Å². The van der Waals surface area contributed by atoms with Crippen LogP contribution in [0.5, 0.6) is 0 Å². The first-order chi connectivity index (χ1) is 8.44. The minimum Gasteiger partial charge on any atom is -0.359 e. The second-order valence-corrected chi connectivity index (χ2v) is 6.97. The summed E-state index contributed by atoms with van der Waals surface area (Å²) < 4.78 is 31.9. The van der Waals surface area contributed by atoms with E-state index in [2.05, 4.69) is 9.88 Å². The molecule has 0 saturated carbocycles. The van der Waals surface area contributed by atoms with Gasteiger partial charge in [-0.3, -0.25) is 4.72 Å². The Morgan fingerprint density at radius 3 is 2.61 bits per heavy atom. The number of hydrogen-bond donors (Lipinski definition) is 1. The van der Waals surface area contributed by atoms with Crippen LogP contribution < -0.4 is 4.72 Å². The molecule has 0 saturated heterocycles. The van der Waals surface area contributed by atoms with Gasteiger partial charge in [-0.05, 0) is 32.4 Å². The highest BCUT2D eigenvalue weighted by molar-refractivity contribution is 7.94. The van der Waals surface area contributed by atoms with Gasteiger partial charge in [-0.25, -0.2) is 8.42 Å². The molecule has 7 heteroatoms. The fourth-order valence-corrected chi connectivity index (χ4v) is 3.74. The first kappa shape index (κ1) is 13.1. The van der Waals surface area contributed by atoms with E-state index in [4.69, 9.17) is 4.52 Å². The van der Waals surface area contributed by atoms with Crippen molar-refractivity contribution in [3.63, 3.8) is 0 Å². The van der Waals surface area contributed by atoms with E-state index in [0.717, 1.165) is 11.3 Å². The van der Waals surface area contributed by atoms with Crippen LogP contribution in [0, 0.1) is 13.8 Å². The third kappa shape index (κ3) is 2.41. The van der Waals surface area contributed by atoms with Gasteiger partial charge in [0.05, 0.1) is 0 Å². The molecule has 5 nitrogen and oxygen atoms in total. The SMILES string of the molecule is CCc1ccc(S(=O)(=O)Nc2noc(C)c2C)s1. The highest BCUT2D eigenvalue weighted by Gasteiger charge is 2.20. The summed E-state index contributed by atoms with van der Waals surface area (Å²) in [5.41, 5.74) is 0.700. The highest BCUT2D eigenvalue weighted by atomic mass is 32.2. The summed E-state index contributed by atoms with van der Waals surface area (Å²) in [7, 11) is -3.57. The lowest BCUT2D eigenvalue weighted by Gasteiger charge is -2.02. The average Bonchev–Trinajstić information content (AvgIpc) is 2.91. The molecule has 2 rings (SSSR count). The molecule has 98 valence electrons. The smallest absolute Gasteiger partial charge is 0.272 e. The summed E-state index contributed by atoms with van der Waals surface area (Å²) in [6.45, 7) is 5.48. The van der Waals surface area contributed by atoms with Crippen LogP contribution in [-0.4, -0.2) is 13.6 Å². The van der Waals surface area contributed by atoms with Gasteiger partial charge in [0.15, 0.2) is 5.82 Å². The lowest BCUT2D eigenvalue weighted by atomic mass is 10.3. The predicted octanol–water partition coefficient (Wildman–Crippen LogP) is 2.72. The number of aromatic nitrogens is 1. The van der Waals surface area contributed by atoms with E-state index in [1.165, 1.54) is 11.3 Å². The van der Waals surface area contributed by atoms with Crippen molar-refractivity contribution in [2.45, 2.75) is 31.4 Å². The lowest BCUT2D eigenvalue weighted by molar-refractivity contribution is 0.399. The second-order valence-electron chi connectivity index (χ2n) is 3.89. The number of anilines is 1. The summed E-state index contributed by atoms with van der Waals surface area (Å²) in [5, 5.41) is 3.69. The Morgan fingerprint density at radius 1 is 1.39 bits per heavy atom. The normalized spacial score (nSPS) is 11.7. The number of nitrogens with zero attached hydrogens (tertiary/aromatic N) is 1. The van der Waals surface area contributed by atoms with Crippen LogP contribution in [0.25, 0.3) is 0 Å². The van der Waals surface area contributed by atoms with Crippen molar-refractivity contribution in [1.82, 2.24) is 5.16 Å². The molecule has 0 aromatic carbocycles. The molecule has 0 aliphatic carbocycles. The molecule has 0 bridgehead atoms. The number of hydrogen-bond acceptors (Lipinski definition) is 5. The Labute approximate surface area is 110 Å². The van der Waals surface area contributed by atoms with Gasteiger partial charge in [-0.1, -0.05) is 12.1 Å². The van der Waals surface area contributed by atoms with Gasteiger partial charge < -0.3 is 4.52 Å². The van der Waals surface area contributed by atoms with E-state index in [-0.39, 0.29) is 5.82 Å². The summed E-state index contributed by atoms with van der Waals surface area (Å²) in [5.74, 6) is 0.854. The maximum absolute atomic E-state index is 12.1. The Kier molecular flexibility index (Phi) is 3.45. The molecule has 0 aliphatic rings. The van der Waals surface area contributed by atoms with Crippen LogP contribution in [0.1, 0.15) is 23.1 Å². The molecule has 2 aromatic heterocycles. The largest absolute Gasteiger partial charge is 0.359 e. The minimum absolute atomic E-state index is 0.249. The zero-order valence-corrected chi connectivity index (χ0v) is 12.0. The first-order valence-electron chi connectivity index (χ1n) is 5.48. The van der Waals surface area contributed by atoms with E-state index < -0.39 is 10.0 Å². The topological polar surface area (TPSA) is 72.2 Å². The summed E-state index contributed by atoms with van der Waals surface area (Å²) in [6.07, 6.45) is 0.822. The zero-order valence-electron chi connectivity index (χ0n) is 10.4. The van der Waals surface area contributed by atoms with Gasteiger partial charge in [0.1, 0.15) is 9.97 Å². The van der Waals surface area contributed by atoms with Gasteiger partial charge >= 0.3 is 0 Å². The summed E-state index contributed by atoms with van der Waals surface area (Å²) >= 11 is 1.26. The van der Waals surface area contributed by atoms with Gasteiger partial charge in [0.25, 0.3) is 10.0 Å². The fraction of sp³-hybridized carbons (Fsp3) is 0.364. The number of thiophene rings is 1. The molecule has 0 spiro atoms. The molecular weight excluding hydrogens is 272 g/mol. The zero-order chi connectivity index (χ0) is 13.3. The van der Waals surface area contributed by atoms with Crippen molar-refractivity contribution >= 4 is 27.2 Å². The van der Waals surface area contributed by atoms with Gasteiger partial charge in [-0.15, -0.1) is 11.3 Å². The van der Waals surface area contributed by atoms with Crippen LogP contribution in [0.3, 0.4) is 0 Å². The molecule has 1 N–H and O–H groups in total. The first-order valence-corrected chi connectivity index (χ1v) is 7.78. The van der Waals surface area contributed by atoms with Gasteiger partial charge in [0, 0.05) is 10.4 Å². The maximum Gasteiger partial charge on any atom is 0.272 e. The average molecular weight is 286 g/mol. The van der Waals surface area contributed by atoms with E-state index in [1.807, 2.05) is 13.0 Å². The molecule has 0 atom stereocenters. The lowest BCUT2D eigenvalue weighted by Crippen LogP contribution is -2.12. The third-order valence-electron chi connectivity index (χ3n) is 2.64. The van der Waals surface area contributed by atoms with Crippen LogP contribution in [0.4, 0.5) is 5.82 Å². The third-order valence-corrected chi connectivity index (χ3v) is 5.70. The molecular formula is C11H14N2O3S2. The van der Waals surface area contributed by atoms with Crippen LogP contribution >= 0.6 is 11.3 Å². The van der Waals surface area contributed by atoms with Crippen molar-refractivity contribution in [3.05, 3.63) is 28.3 Å². The van der Waals surface area contributed by atoms with E-state index in [0.29, 0.717) is 15.5 Å². The highest BCUT2D eigenvalue weighted by Crippen LogP contribution is 2.25. The molecule has 0 radical (unpaired) electrons. The maximum atomic E-state index is 12.1. The van der Waals surface area contributed by atoms with Gasteiger partial charge in [0.2, 0.25) is 0 Å². The van der Waals surface area contributed by atoms with E-state index in [9.17, 15) is 8.42 Å². The van der Waals surface area contributed by atoms with Crippen LogP contribution in [0.15, 0.2) is 20.9 Å². The fourth-order valence-electron chi connectivity index (χ4n) is 1.38. The van der Waals surface area contributed by atoms with E-state index in [1.54, 1.807) is 19.9 Å². The number of nitrogens with one attached hydrogen (secondary N) is 1. The van der Waals surface area contributed by atoms with Gasteiger partial charge in [-0.2, -0.15) is 0 Å². The van der Waals surface area contributed by atoms with Crippen molar-refractivity contribution in [1.29, 1.82) is 0 Å². The van der Waals surface area contributed by atoms with E-state index >= 15 is 0 Å². The van der Waals surface area contributed by atoms with Crippen molar-refractivity contribution in [2.75, 3.05) is 4.72 Å². The molecule has 2 aromatic rings. The minimum atomic E-state index is -3.57. The number of sulfonamides is 1. The molecule has 18 heavy (non-hydrogen) atoms. The Hall–Kier alpha value is -1.34. The molecule has 0 aliphatic heterocycles. The number of rotatable bonds is 4. The van der Waals surface area contributed by atoms with Crippen molar-refractivity contribution in [3.8, 4) is 0 Å². The molecule has 0 fully saturated rings. The predicted molar refractivity (Wildman–Crippen MR) is 70.5 cm³/mol. The van der Waals surface area contributed by atoms with Crippen LogP contribution in [-0.2, 0) is 16.4 Å². The summed E-state index contributed by atoms with van der Waals surface area (Å²) in [4.78, 5) is 1.03. The Morgan fingerprint density at radius 2 is 2.11 bits per heavy atom. The molecule has 0 unspecified atom stereocenters. The standard InChI is InChI=1S/C11H14N2O3S2/c1-4-9-5-6-10(17-9)18(14,15)13-11-7(2)8(3)16-12-11/h5-6H,4H2,1-3H3,(H,12,13). The molecule has 0 amide bonds.